The Bertz CT molecular complexity index is 346. The summed E-state index contributed by atoms with van der Waals surface area (Å²) in [6.07, 6.45) is 0. The Balaban J connectivity index is 0.00000289. The third-order valence-corrected chi connectivity index (χ3v) is 3.32. The van der Waals surface area contributed by atoms with Gasteiger partial charge in [-0.1, -0.05) is 18.5 Å². The van der Waals surface area contributed by atoms with E-state index in [0.29, 0.717) is 17.3 Å². The van der Waals surface area contributed by atoms with Crippen molar-refractivity contribution in [3.63, 3.8) is 0 Å². The lowest BCUT2D eigenvalue weighted by Gasteiger charge is -2.05. The van der Waals surface area contributed by atoms with Gasteiger partial charge in [0.2, 0.25) is 5.91 Å². The summed E-state index contributed by atoms with van der Waals surface area (Å²) < 4.78 is 0. The molecule has 18 heavy (non-hydrogen) atoms. The predicted molar refractivity (Wildman–Crippen MR) is 81.0 cm³/mol. The molecule has 1 aromatic rings. The highest BCUT2D eigenvalue weighted by atomic mass is 35.5. The second-order valence-corrected chi connectivity index (χ2v) is 4.93. The van der Waals surface area contributed by atoms with Gasteiger partial charge < -0.3 is 10.6 Å². The van der Waals surface area contributed by atoms with E-state index in [4.69, 9.17) is 11.6 Å². The van der Waals surface area contributed by atoms with E-state index in [1.165, 1.54) is 11.8 Å². The summed E-state index contributed by atoms with van der Waals surface area (Å²) in [6, 6.07) is 7.48. The monoisotopic (exact) mass is 308 g/mol. The molecule has 0 radical (unpaired) electrons. The molecule has 0 heterocycles. The molecule has 1 amide bonds. The second-order valence-electron chi connectivity index (χ2n) is 3.45. The first kappa shape index (κ1) is 17.6. The van der Waals surface area contributed by atoms with Crippen LogP contribution < -0.4 is 10.6 Å². The smallest absolute Gasteiger partial charge is 0.230 e. The zero-order chi connectivity index (χ0) is 12.5. The number of hydrogen-bond acceptors (Lipinski definition) is 3. The lowest BCUT2D eigenvalue weighted by Crippen LogP contribution is -2.32. The van der Waals surface area contributed by atoms with Crippen molar-refractivity contribution in [3.8, 4) is 0 Å². The summed E-state index contributed by atoms with van der Waals surface area (Å²) in [7, 11) is 0. The van der Waals surface area contributed by atoms with E-state index in [1.54, 1.807) is 0 Å². The van der Waals surface area contributed by atoms with Crippen LogP contribution in [-0.4, -0.2) is 31.3 Å². The van der Waals surface area contributed by atoms with Crippen molar-refractivity contribution in [2.75, 3.05) is 25.4 Å². The van der Waals surface area contributed by atoms with E-state index in [9.17, 15) is 4.79 Å². The van der Waals surface area contributed by atoms with E-state index in [-0.39, 0.29) is 18.3 Å². The van der Waals surface area contributed by atoms with Gasteiger partial charge in [-0.2, -0.15) is 0 Å². The quantitative estimate of drug-likeness (QED) is 0.601. The summed E-state index contributed by atoms with van der Waals surface area (Å²) in [5.74, 6) is 0.496. The molecule has 0 aliphatic carbocycles. The Kier molecular flexibility index (Phi) is 10.3. The van der Waals surface area contributed by atoms with Gasteiger partial charge in [0.15, 0.2) is 0 Å². The molecule has 1 aromatic carbocycles. The molecular weight excluding hydrogens is 291 g/mol. The van der Waals surface area contributed by atoms with Crippen LogP contribution in [0.2, 0.25) is 5.02 Å². The van der Waals surface area contributed by atoms with E-state index in [2.05, 4.69) is 10.6 Å². The fraction of sp³-hybridized carbons (Fsp3) is 0.417. The number of amides is 1. The highest BCUT2D eigenvalue weighted by Gasteiger charge is 2.01. The van der Waals surface area contributed by atoms with Gasteiger partial charge in [-0.05, 0) is 30.8 Å². The molecule has 2 N–H and O–H groups in total. The predicted octanol–water partition coefficient (Wildman–Crippen LogP) is 2.58. The normalized spacial score (nSPS) is 9.67. The fourth-order valence-corrected chi connectivity index (χ4v) is 2.05. The van der Waals surface area contributed by atoms with Crippen LogP contribution in [0.3, 0.4) is 0 Å². The van der Waals surface area contributed by atoms with Gasteiger partial charge in [-0.25, -0.2) is 0 Å². The van der Waals surface area contributed by atoms with Gasteiger partial charge >= 0.3 is 0 Å². The van der Waals surface area contributed by atoms with Crippen molar-refractivity contribution in [2.24, 2.45) is 0 Å². The van der Waals surface area contributed by atoms with Crippen LogP contribution >= 0.6 is 35.8 Å². The number of benzene rings is 1. The zero-order valence-corrected chi connectivity index (χ0v) is 12.6. The van der Waals surface area contributed by atoms with Crippen LogP contribution in [-0.2, 0) is 4.79 Å². The minimum atomic E-state index is 0. The van der Waals surface area contributed by atoms with Gasteiger partial charge in [0.05, 0.1) is 5.75 Å². The first-order valence-electron chi connectivity index (χ1n) is 5.58. The Labute approximate surface area is 123 Å². The molecule has 0 bridgehead atoms. The average Bonchev–Trinajstić information content (AvgIpc) is 2.34. The van der Waals surface area contributed by atoms with Crippen LogP contribution in [0.25, 0.3) is 0 Å². The minimum absolute atomic E-state index is 0. The molecule has 0 spiro atoms. The molecule has 0 aliphatic heterocycles. The largest absolute Gasteiger partial charge is 0.354 e. The number of hydrogen-bond donors (Lipinski definition) is 2. The Morgan fingerprint density at radius 1 is 1.28 bits per heavy atom. The summed E-state index contributed by atoms with van der Waals surface area (Å²) in [4.78, 5) is 12.5. The molecule has 0 saturated heterocycles. The highest BCUT2D eigenvalue weighted by Crippen LogP contribution is 2.19. The number of likely N-dealkylation sites (N-methyl/N-ethyl adjacent to an activating group) is 1. The van der Waals surface area contributed by atoms with Crippen LogP contribution in [0.15, 0.2) is 29.2 Å². The topological polar surface area (TPSA) is 41.1 Å². The van der Waals surface area contributed by atoms with Crippen molar-refractivity contribution in [3.05, 3.63) is 29.3 Å². The highest BCUT2D eigenvalue weighted by molar-refractivity contribution is 8.00. The van der Waals surface area contributed by atoms with Crippen molar-refractivity contribution in [2.45, 2.75) is 11.8 Å². The van der Waals surface area contributed by atoms with Gasteiger partial charge in [0.25, 0.3) is 0 Å². The van der Waals surface area contributed by atoms with Crippen LogP contribution in [0.5, 0.6) is 0 Å². The Hall–Kier alpha value is -0.420. The van der Waals surface area contributed by atoms with E-state index < -0.39 is 0 Å². The molecule has 0 unspecified atom stereocenters. The van der Waals surface area contributed by atoms with Gasteiger partial charge in [-0.15, -0.1) is 24.2 Å². The molecule has 6 heteroatoms. The summed E-state index contributed by atoms with van der Waals surface area (Å²) >= 11 is 7.29. The average molecular weight is 309 g/mol. The van der Waals surface area contributed by atoms with Gasteiger partial charge in [-0.3, -0.25) is 4.79 Å². The first-order chi connectivity index (χ1) is 8.22. The summed E-state index contributed by atoms with van der Waals surface area (Å²) in [6.45, 7) is 4.45. The number of carbonyl (C=O) groups is 1. The van der Waals surface area contributed by atoms with E-state index in [0.717, 1.165) is 18.0 Å². The lowest BCUT2D eigenvalue weighted by atomic mass is 10.4. The van der Waals surface area contributed by atoms with Crippen molar-refractivity contribution in [1.82, 2.24) is 10.6 Å². The maximum atomic E-state index is 11.5. The minimum Gasteiger partial charge on any atom is -0.354 e. The van der Waals surface area contributed by atoms with Crippen molar-refractivity contribution < 1.29 is 4.79 Å². The molecule has 102 valence electrons. The number of carbonyl (C=O) groups excluding carboxylic acids is 1. The number of thioether (sulfide) groups is 1. The third-order valence-electron chi connectivity index (χ3n) is 2.06. The summed E-state index contributed by atoms with van der Waals surface area (Å²) in [5.41, 5.74) is 0. The zero-order valence-electron chi connectivity index (χ0n) is 10.2. The Morgan fingerprint density at radius 2 is 1.94 bits per heavy atom. The SMILES string of the molecule is CCNCCNC(=O)CSc1ccc(Cl)cc1.Cl. The maximum absolute atomic E-state index is 11.5. The van der Waals surface area contributed by atoms with E-state index in [1.807, 2.05) is 31.2 Å². The maximum Gasteiger partial charge on any atom is 0.230 e. The fourth-order valence-electron chi connectivity index (χ4n) is 1.20. The van der Waals surface area contributed by atoms with Gasteiger partial charge in [0, 0.05) is 23.0 Å². The number of rotatable bonds is 7. The molecule has 0 aromatic heterocycles. The third kappa shape index (κ3) is 7.82. The standard InChI is InChI=1S/C12H17ClN2OS.ClH/c1-2-14-7-8-15-12(16)9-17-11-5-3-10(13)4-6-11;/h3-6,14H,2,7-9H2,1H3,(H,15,16);1H. The lowest BCUT2D eigenvalue weighted by molar-refractivity contribution is -0.118. The van der Waals surface area contributed by atoms with Crippen molar-refractivity contribution in [1.29, 1.82) is 0 Å². The molecule has 3 nitrogen and oxygen atoms in total. The van der Waals surface area contributed by atoms with Crippen LogP contribution in [0, 0.1) is 0 Å². The van der Waals surface area contributed by atoms with Crippen LogP contribution in [0.4, 0.5) is 0 Å². The van der Waals surface area contributed by atoms with Crippen LogP contribution in [0.1, 0.15) is 6.92 Å². The first-order valence-corrected chi connectivity index (χ1v) is 6.94. The van der Waals surface area contributed by atoms with Crippen molar-refractivity contribution >= 4 is 41.7 Å². The second kappa shape index (κ2) is 10.5. The molecule has 0 saturated carbocycles. The molecule has 0 atom stereocenters. The van der Waals surface area contributed by atoms with E-state index >= 15 is 0 Å². The Morgan fingerprint density at radius 3 is 2.56 bits per heavy atom. The molecule has 0 aliphatic rings. The molecule has 1 rings (SSSR count). The molecular formula is C12H18Cl2N2OS. The number of halogens is 2. The number of nitrogens with one attached hydrogen (secondary N) is 2. The molecule has 0 fully saturated rings. The van der Waals surface area contributed by atoms with Gasteiger partial charge in [0.1, 0.15) is 0 Å². The summed E-state index contributed by atoms with van der Waals surface area (Å²) in [5, 5.41) is 6.71.